The van der Waals surface area contributed by atoms with Gasteiger partial charge in [-0.05, 0) is 31.5 Å². The molecule has 0 aliphatic carbocycles. The van der Waals surface area contributed by atoms with Crippen molar-refractivity contribution in [2.24, 2.45) is 0 Å². The third-order valence-electron chi connectivity index (χ3n) is 4.43. The summed E-state index contributed by atoms with van der Waals surface area (Å²) in [6, 6.07) is 7.90. The second kappa shape index (κ2) is 6.81. The molecule has 3 heterocycles. The largest absolute Gasteiger partial charge is 0.354 e. The minimum absolute atomic E-state index is 0.189. The molecule has 1 aliphatic rings. The number of pyridine rings is 1. The van der Waals surface area contributed by atoms with E-state index in [0.717, 1.165) is 37.7 Å². The second-order valence-corrected chi connectivity index (χ2v) is 5.94. The van der Waals surface area contributed by atoms with Gasteiger partial charge in [-0.1, -0.05) is 6.07 Å². The molecule has 0 radical (unpaired) electrons. The predicted octanol–water partition coefficient (Wildman–Crippen LogP) is 0.907. The highest BCUT2D eigenvalue weighted by Crippen LogP contribution is 2.13. The monoisotopic (exact) mass is 324 g/mol. The Morgan fingerprint density at radius 1 is 1.21 bits per heavy atom. The van der Waals surface area contributed by atoms with Crippen molar-refractivity contribution in [2.75, 3.05) is 31.1 Å². The van der Waals surface area contributed by atoms with E-state index in [1.165, 1.54) is 4.68 Å². The number of rotatable bonds is 3. The fourth-order valence-electron chi connectivity index (χ4n) is 2.85. The zero-order valence-electron chi connectivity index (χ0n) is 13.9. The maximum atomic E-state index is 12.4. The van der Waals surface area contributed by atoms with Gasteiger partial charge in [-0.25, -0.2) is 9.67 Å². The maximum absolute atomic E-state index is 12.4. The molecule has 0 atom stereocenters. The minimum Gasteiger partial charge on any atom is -0.354 e. The van der Waals surface area contributed by atoms with Gasteiger partial charge in [0.1, 0.15) is 17.5 Å². The van der Waals surface area contributed by atoms with Crippen molar-refractivity contribution in [3.63, 3.8) is 0 Å². The molecular formula is C17H20N6O. The van der Waals surface area contributed by atoms with Crippen molar-refractivity contribution < 1.29 is 0 Å². The first-order valence-electron chi connectivity index (χ1n) is 7.97. The molecule has 0 N–H and O–H groups in total. The number of anilines is 1. The fourth-order valence-corrected chi connectivity index (χ4v) is 2.85. The van der Waals surface area contributed by atoms with Crippen LogP contribution in [0.15, 0.2) is 29.2 Å². The second-order valence-electron chi connectivity index (χ2n) is 5.94. The van der Waals surface area contributed by atoms with Crippen LogP contribution in [0.3, 0.4) is 0 Å². The zero-order chi connectivity index (χ0) is 17.1. The van der Waals surface area contributed by atoms with Gasteiger partial charge in [0.25, 0.3) is 5.56 Å². The van der Waals surface area contributed by atoms with Crippen LogP contribution in [0.5, 0.6) is 0 Å². The summed E-state index contributed by atoms with van der Waals surface area (Å²) in [6.45, 7) is 7.33. The molecule has 1 aliphatic heterocycles. The summed E-state index contributed by atoms with van der Waals surface area (Å²) in [5, 5.41) is 13.5. The summed E-state index contributed by atoms with van der Waals surface area (Å²) in [4.78, 5) is 21.1. The lowest BCUT2D eigenvalue weighted by molar-refractivity contribution is 0.190. The number of nitriles is 1. The van der Waals surface area contributed by atoms with E-state index in [1.54, 1.807) is 13.1 Å². The van der Waals surface area contributed by atoms with Crippen molar-refractivity contribution in [3.8, 4) is 6.07 Å². The van der Waals surface area contributed by atoms with Crippen LogP contribution in [0.25, 0.3) is 0 Å². The Bertz CT molecular complexity index is 815. The molecule has 7 heteroatoms. The summed E-state index contributed by atoms with van der Waals surface area (Å²) < 4.78 is 1.40. The lowest BCUT2D eigenvalue weighted by atomic mass is 10.1. The molecule has 0 spiro atoms. The molecule has 0 saturated carbocycles. The van der Waals surface area contributed by atoms with Gasteiger partial charge >= 0.3 is 0 Å². The van der Waals surface area contributed by atoms with E-state index in [1.807, 2.05) is 31.2 Å². The Morgan fingerprint density at radius 2 is 1.96 bits per heavy atom. The van der Waals surface area contributed by atoms with Crippen LogP contribution in [0.4, 0.5) is 5.82 Å². The Hall–Kier alpha value is -2.72. The first-order chi connectivity index (χ1) is 11.6. The van der Waals surface area contributed by atoms with E-state index in [4.69, 9.17) is 0 Å². The quantitative estimate of drug-likeness (QED) is 0.835. The molecule has 3 rings (SSSR count). The normalized spacial score (nSPS) is 15.3. The third-order valence-corrected chi connectivity index (χ3v) is 4.43. The Kier molecular flexibility index (Phi) is 4.58. The van der Waals surface area contributed by atoms with E-state index in [-0.39, 0.29) is 11.1 Å². The summed E-state index contributed by atoms with van der Waals surface area (Å²) in [5.41, 5.74) is 1.26. The van der Waals surface area contributed by atoms with Gasteiger partial charge in [0.15, 0.2) is 0 Å². The van der Waals surface area contributed by atoms with Crippen LogP contribution in [0, 0.1) is 25.2 Å². The highest BCUT2D eigenvalue weighted by Gasteiger charge is 2.20. The van der Waals surface area contributed by atoms with Gasteiger partial charge in [-0.15, -0.1) is 0 Å². The molecule has 1 saturated heterocycles. The van der Waals surface area contributed by atoms with E-state index in [0.29, 0.717) is 12.2 Å². The molecular weight excluding hydrogens is 304 g/mol. The number of nitrogens with zero attached hydrogens (tertiary/aromatic N) is 6. The first-order valence-corrected chi connectivity index (χ1v) is 7.97. The van der Waals surface area contributed by atoms with Gasteiger partial charge in [0.2, 0.25) is 0 Å². The Morgan fingerprint density at radius 3 is 2.58 bits per heavy atom. The molecule has 7 nitrogen and oxygen atoms in total. The zero-order valence-corrected chi connectivity index (χ0v) is 13.9. The van der Waals surface area contributed by atoms with Crippen LogP contribution in [-0.2, 0) is 6.67 Å². The molecule has 124 valence electrons. The average molecular weight is 324 g/mol. The van der Waals surface area contributed by atoms with Gasteiger partial charge in [-0.3, -0.25) is 9.69 Å². The third kappa shape index (κ3) is 3.14. The van der Waals surface area contributed by atoms with Gasteiger partial charge in [-0.2, -0.15) is 10.4 Å². The van der Waals surface area contributed by atoms with Crippen LogP contribution in [-0.4, -0.2) is 45.8 Å². The van der Waals surface area contributed by atoms with Crippen LogP contribution in [0.2, 0.25) is 0 Å². The Labute approximate surface area is 140 Å². The SMILES string of the molecule is Cc1nn(CN2CCN(c3ccccn3)CC2)c(=O)c(C#N)c1C. The number of hydrogen-bond donors (Lipinski definition) is 0. The van der Waals surface area contributed by atoms with Crippen LogP contribution >= 0.6 is 0 Å². The van der Waals surface area contributed by atoms with Crippen molar-refractivity contribution >= 4 is 5.82 Å². The number of hydrogen-bond acceptors (Lipinski definition) is 6. The number of aromatic nitrogens is 3. The topological polar surface area (TPSA) is 78.1 Å². The molecule has 0 bridgehead atoms. The van der Waals surface area contributed by atoms with Crippen LogP contribution < -0.4 is 10.5 Å². The summed E-state index contributed by atoms with van der Waals surface area (Å²) in [6.07, 6.45) is 1.80. The Balaban J connectivity index is 1.70. The molecule has 2 aromatic heterocycles. The lowest BCUT2D eigenvalue weighted by Crippen LogP contribution is -2.48. The van der Waals surface area contributed by atoms with Crippen molar-refractivity contribution in [1.82, 2.24) is 19.7 Å². The summed E-state index contributed by atoms with van der Waals surface area (Å²) >= 11 is 0. The summed E-state index contributed by atoms with van der Waals surface area (Å²) in [5.74, 6) is 0.977. The first kappa shape index (κ1) is 16.1. The van der Waals surface area contributed by atoms with Gasteiger partial charge in [0.05, 0.1) is 12.4 Å². The smallest absolute Gasteiger partial charge is 0.286 e. The van der Waals surface area contributed by atoms with Crippen LogP contribution in [0.1, 0.15) is 16.8 Å². The van der Waals surface area contributed by atoms with Gasteiger partial charge < -0.3 is 4.90 Å². The fraction of sp³-hybridized carbons (Fsp3) is 0.412. The minimum atomic E-state index is -0.312. The number of aryl methyl sites for hydroxylation is 1. The predicted molar refractivity (Wildman–Crippen MR) is 90.7 cm³/mol. The molecule has 0 aromatic carbocycles. The standard InChI is InChI=1S/C17H20N6O/c1-13-14(2)20-23(17(24)15(13)11-18)12-21-7-9-22(10-8-21)16-5-3-4-6-19-16/h3-6H,7-10,12H2,1-2H3. The molecule has 2 aromatic rings. The van der Waals surface area contributed by atoms with Gasteiger partial charge in [0, 0.05) is 32.4 Å². The van der Waals surface area contributed by atoms with E-state index >= 15 is 0 Å². The van der Waals surface area contributed by atoms with E-state index in [9.17, 15) is 10.1 Å². The molecule has 0 unspecified atom stereocenters. The lowest BCUT2D eigenvalue weighted by Gasteiger charge is -2.35. The molecule has 1 fully saturated rings. The van der Waals surface area contributed by atoms with Crippen molar-refractivity contribution in [1.29, 1.82) is 5.26 Å². The van der Waals surface area contributed by atoms with Crippen molar-refractivity contribution in [3.05, 3.63) is 51.6 Å². The highest BCUT2D eigenvalue weighted by molar-refractivity contribution is 5.38. The molecule has 0 amide bonds. The van der Waals surface area contributed by atoms with E-state index < -0.39 is 0 Å². The maximum Gasteiger partial charge on any atom is 0.286 e. The van der Waals surface area contributed by atoms with Crippen molar-refractivity contribution in [2.45, 2.75) is 20.5 Å². The molecule has 24 heavy (non-hydrogen) atoms. The average Bonchev–Trinajstić information content (AvgIpc) is 2.61. The van der Waals surface area contributed by atoms with E-state index in [2.05, 4.69) is 19.9 Å². The summed E-state index contributed by atoms with van der Waals surface area (Å²) in [7, 11) is 0. The number of piperazine rings is 1. The highest BCUT2D eigenvalue weighted by atomic mass is 16.1.